The van der Waals surface area contributed by atoms with Gasteiger partial charge in [0.25, 0.3) is 0 Å². The van der Waals surface area contributed by atoms with Gasteiger partial charge in [0.15, 0.2) is 47.6 Å². The van der Waals surface area contributed by atoms with Gasteiger partial charge in [-0.15, -0.1) is 0 Å². The van der Waals surface area contributed by atoms with Crippen LogP contribution in [0.25, 0.3) is 22.0 Å². The lowest BCUT2D eigenvalue weighted by atomic mass is 9.95. The fourth-order valence-corrected chi connectivity index (χ4v) is 4.23. The van der Waals surface area contributed by atoms with Crippen LogP contribution in [0.15, 0.2) is 48.0 Å². The van der Waals surface area contributed by atoms with E-state index in [0.29, 0.717) is 11.5 Å². The molecule has 0 radical (unpaired) electrons. The predicted octanol–water partition coefficient (Wildman–Crippen LogP) is 1.37. The number of ether oxygens (including phenoxy) is 3. The molecule has 0 saturated heterocycles. The van der Waals surface area contributed by atoms with E-state index in [1.165, 1.54) is 0 Å². The van der Waals surface area contributed by atoms with Crippen molar-refractivity contribution in [2.45, 2.75) is 25.2 Å². The van der Waals surface area contributed by atoms with Crippen LogP contribution in [0, 0.1) is 0 Å². The summed E-state index contributed by atoms with van der Waals surface area (Å²) in [6.45, 7) is 0.123. The molecular formula is C25H26NO10+. The van der Waals surface area contributed by atoms with Crippen molar-refractivity contribution in [1.82, 2.24) is 0 Å². The number of phenols is 2. The van der Waals surface area contributed by atoms with Gasteiger partial charge in [-0.2, -0.15) is 4.57 Å². The van der Waals surface area contributed by atoms with Gasteiger partial charge < -0.3 is 44.8 Å². The number of cyclic esters (lactones) is 1. The highest BCUT2D eigenvalue weighted by molar-refractivity contribution is 5.92. The number of rotatable bonds is 4. The van der Waals surface area contributed by atoms with E-state index < -0.39 is 36.3 Å². The zero-order valence-electron chi connectivity index (χ0n) is 19.5. The number of carbonyl (C=O) groups is 1. The van der Waals surface area contributed by atoms with Crippen molar-refractivity contribution in [3.05, 3.63) is 53.6 Å². The molecule has 11 nitrogen and oxygen atoms in total. The van der Waals surface area contributed by atoms with Crippen molar-refractivity contribution in [3.63, 3.8) is 0 Å². The van der Waals surface area contributed by atoms with Crippen LogP contribution in [0.4, 0.5) is 0 Å². The van der Waals surface area contributed by atoms with Crippen molar-refractivity contribution in [3.8, 4) is 34.3 Å². The first-order valence-electron chi connectivity index (χ1n) is 11.0. The van der Waals surface area contributed by atoms with E-state index in [2.05, 4.69) is 21.6 Å². The molecule has 2 aliphatic heterocycles. The minimum absolute atomic E-state index is 0.0746. The highest BCUT2D eigenvalue weighted by Gasteiger charge is 2.38. The second-order valence-electron chi connectivity index (χ2n) is 8.21. The molecule has 3 aromatic rings. The Balaban J connectivity index is 0.000000214. The Kier molecular flexibility index (Phi) is 6.77. The summed E-state index contributed by atoms with van der Waals surface area (Å²) in [7, 11) is 3.26. The Morgan fingerprint density at radius 1 is 1.08 bits per heavy atom. The SMILES string of the molecule is COc1ccc2cc3[n+](cc2c1OC)CCc1cc(O)c(O)cc1-3.O=C1O[C@H]([C@@H](O)CO)C(O)=C1O. The van der Waals surface area contributed by atoms with E-state index in [0.717, 1.165) is 40.6 Å². The van der Waals surface area contributed by atoms with Gasteiger partial charge in [-0.1, -0.05) is 0 Å². The summed E-state index contributed by atoms with van der Waals surface area (Å²) in [5, 5.41) is 56.7. The number of hydrogen-bond acceptors (Lipinski definition) is 10. The van der Waals surface area contributed by atoms with Crippen LogP contribution in [0.5, 0.6) is 23.0 Å². The number of aliphatic hydroxyl groups is 4. The number of pyridine rings is 1. The zero-order chi connectivity index (χ0) is 26.1. The highest BCUT2D eigenvalue weighted by Crippen LogP contribution is 2.39. The summed E-state index contributed by atoms with van der Waals surface area (Å²) in [5.41, 5.74) is 2.98. The number of aromatic nitrogens is 1. The molecule has 0 bridgehead atoms. The molecule has 5 rings (SSSR count). The third kappa shape index (κ3) is 4.30. The number of aryl methyl sites for hydroxylation is 2. The van der Waals surface area contributed by atoms with E-state index in [4.69, 9.17) is 29.9 Å². The topological polar surface area (TPSA) is 170 Å². The standard InChI is InChI=1S/C19H17NO4.C6H8O6/c1-23-18-4-3-11-7-15-13-9-17(22)16(21)8-12(13)5-6-20(15)10-14(11)19(18)24-2;7-1-2(8)5-3(9)4(10)6(11)12-5/h3-4,7-10,22H,5-6H2,1-2H3;2,5,7-10H,1H2/p+1/t;2-,5+/m.0/s1. The van der Waals surface area contributed by atoms with Crippen LogP contribution in [-0.2, 0) is 22.5 Å². The maximum absolute atomic E-state index is 10.5. The predicted molar refractivity (Wildman–Crippen MR) is 125 cm³/mol. The average molecular weight is 500 g/mol. The number of fused-ring (bicyclic) bond motifs is 4. The van der Waals surface area contributed by atoms with Crippen molar-refractivity contribution >= 4 is 16.7 Å². The molecule has 0 fully saturated rings. The number of carbonyl (C=O) groups excluding carboxylic acids is 1. The molecule has 3 heterocycles. The molecular weight excluding hydrogens is 474 g/mol. The van der Waals surface area contributed by atoms with Gasteiger partial charge in [-0.3, -0.25) is 0 Å². The third-order valence-corrected chi connectivity index (χ3v) is 6.08. The number of benzene rings is 2. The largest absolute Gasteiger partial charge is 0.505 e. The number of phenolic OH excluding ortho intramolecular Hbond substituents is 2. The molecule has 0 aliphatic carbocycles. The molecule has 0 amide bonds. The van der Waals surface area contributed by atoms with E-state index in [1.54, 1.807) is 26.4 Å². The van der Waals surface area contributed by atoms with Crippen LogP contribution in [-0.4, -0.2) is 69.6 Å². The number of aromatic hydroxyl groups is 2. The Labute approximate surface area is 205 Å². The van der Waals surface area contributed by atoms with Crippen molar-refractivity contribution in [2.24, 2.45) is 0 Å². The summed E-state index contributed by atoms with van der Waals surface area (Å²) in [6, 6.07) is 9.23. The van der Waals surface area contributed by atoms with Crippen LogP contribution in [0.1, 0.15) is 5.56 Å². The minimum atomic E-state index is -1.42. The number of nitrogens with zero attached hydrogens (tertiary/aromatic N) is 1. The number of methoxy groups -OCH3 is 2. The van der Waals surface area contributed by atoms with Crippen molar-refractivity contribution in [2.75, 3.05) is 20.8 Å². The number of esters is 1. The van der Waals surface area contributed by atoms with Gasteiger partial charge in [0.05, 0.1) is 31.8 Å². The molecule has 6 N–H and O–H groups in total. The molecule has 2 aliphatic rings. The lowest BCUT2D eigenvalue weighted by Crippen LogP contribution is -2.40. The Bertz CT molecular complexity index is 1370. The van der Waals surface area contributed by atoms with Crippen LogP contribution >= 0.6 is 0 Å². The van der Waals surface area contributed by atoms with Crippen LogP contribution < -0.4 is 14.0 Å². The summed E-state index contributed by atoms with van der Waals surface area (Å²) in [6.07, 6.45) is 0.0680. The molecule has 36 heavy (non-hydrogen) atoms. The maximum atomic E-state index is 10.5. The molecule has 0 unspecified atom stereocenters. The fourth-order valence-electron chi connectivity index (χ4n) is 4.23. The Hall–Kier alpha value is -4.22. The van der Waals surface area contributed by atoms with Crippen LogP contribution in [0.2, 0.25) is 0 Å². The molecule has 11 heteroatoms. The van der Waals surface area contributed by atoms with E-state index in [1.807, 2.05) is 12.1 Å². The zero-order valence-corrected chi connectivity index (χ0v) is 19.5. The lowest BCUT2D eigenvalue weighted by molar-refractivity contribution is -0.686. The maximum Gasteiger partial charge on any atom is 0.377 e. The third-order valence-electron chi connectivity index (χ3n) is 6.08. The monoisotopic (exact) mass is 500 g/mol. The second-order valence-corrected chi connectivity index (χ2v) is 8.21. The van der Waals surface area contributed by atoms with E-state index in [9.17, 15) is 15.0 Å². The quantitative estimate of drug-likeness (QED) is 0.175. The first-order valence-corrected chi connectivity index (χ1v) is 11.0. The van der Waals surface area contributed by atoms with Crippen LogP contribution in [0.3, 0.4) is 0 Å². The van der Waals surface area contributed by atoms with Gasteiger partial charge in [-0.05, 0) is 35.2 Å². The lowest BCUT2D eigenvalue weighted by Gasteiger charge is -2.17. The minimum Gasteiger partial charge on any atom is -0.505 e. The molecule has 0 saturated carbocycles. The van der Waals surface area contributed by atoms with Crippen molar-refractivity contribution < 1.29 is 54.2 Å². The average Bonchev–Trinajstić information content (AvgIpc) is 3.14. The molecule has 1 aromatic heterocycles. The summed E-state index contributed by atoms with van der Waals surface area (Å²) in [5.74, 6) is -1.54. The molecule has 190 valence electrons. The van der Waals surface area contributed by atoms with Gasteiger partial charge in [0.2, 0.25) is 11.5 Å². The highest BCUT2D eigenvalue weighted by atomic mass is 16.6. The van der Waals surface area contributed by atoms with Gasteiger partial charge in [-0.25, -0.2) is 4.79 Å². The Morgan fingerprint density at radius 2 is 1.81 bits per heavy atom. The van der Waals surface area contributed by atoms with E-state index >= 15 is 0 Å². The first-order chi connectivity index (χ1) is 17.2. The molecule has 2 atom stereocenters. The van der Waals surface area contributed by atoms with Gasteiger partial charge in [0.1, 0.15) is 6.10 Å². The van der Waals surface area contributed by atoms with Gasteiger partial charge in [0, 0.05) is 12.5 Å². The first kappa shape index (κ1) is 24.9. The number of hydrogen-bond donors (Lipinski definition) is 6. The summed E-state index contributed by atoms with van der Waals surface area (Å²) < 4.78 is 17.4. The Morgan fingerprint density at radius 3 is 2.42 bits per heavy atom. The summed E-state index contributed by atoms with van der Waals surface area (Å²) in [4.78, 5) is 10.5. The van der Waals surface area contributed by atoms with Gasteiger partial charge >= 0.3 is 5.97 Å². The second kappa shape index (κ2) is 9.80. The molecule has 0 spiro atoms. The smallest absolute Gasteiger partial charge is 0.377 e. The normalized spacial score (nSPS) is 17.0. The fraction of sp³-hybridized carbons (Fsp3) is 0.280. The van der Waals surface area contributed by atoms with E-state index in [-0.39, 0.29) is 11.5 Å². The summed E-state index contributed by atoms with van der Waals surface area (Å²) >= 11 is 0. The molecule has 2 aromatic carbocycles. The van der Waals surface area contributed by atoms with Crippen molar-refractivity contribution in [1.29, 1.82) is 0 Å². The number of aliphatic hydroxyl groups excluding tert-OH is 4.